The van der Waals surface area contributed by atoms with Crippen LogP contribution in [0.2, 0.25) is 0 Å². The lowest BCUT2D eigenvalue weighted by atomic mass is 9.89. The summed E-state index contributed by atoms with van der Waals surface area (Å²) in [6, 6.07) is 0. The van der Waals surface area contributed by atoms with E-state index in [9.17, 15) is 0 Å². The zero-order valence-electron chi connectivity index (χ0n) is 23.4. The van der Waals surface area contributed by atoms with Gasteiger partial charge in [-0.1, -0.05) is 201 Å². The SMILES string of the molecule is CCCCCCCCCCCCCCCCCC(CCCCCC)CCCCCCCC. The van der Waals surface area contributed by atoms with Crippen LogP contribution >= 0.6 is 0 Å². The van der Waals surface area contributed by atoms with Crippen LogP contribution < -0.4 is 0 Å². The highest BCUT2D eigenvalue weighted by atomic mass is 14.1. The van der Waals surface area contributed by atoms with Crippen LogP contribution in [0, 0.1) is 5.92 Å². The minimum atomic E-state index is 1.04. The Morgan fingerprint density at radius 2 is 0.438 bits per heavy atom. The molecule has 0 aliphatic rings. The van der Waals surface area contributed by atoms with E-state index in [1.54, 1.807) is 0 Å². The van der Waals surface area contributed by atoms with Gasteiger partial charge in [-0.15, -0.1) is 0 Å². The fourth-order valence-corrected chi connectivity index (χ4v) is 5.31. The molecule has 1 unspecified atom stereocenters. The topological polar surface area (TPSA) is 0 Å². The van der Waals surface area contributed by atoms with Crippen molar-refractivity contribution in [2.75, 3.05) is 0 Å². The Kier molecular flexibility index (Phi) is 29.0. The lowest BCUT2D eigenvalue weighted by molar-refractivity contribution is 0.366. The maximum atomic E-state index is 2.34. The maximum Gasteiger partial charge on any atom is -0.0414 e. The van der Waals surface area contributed by atoms with Crippen molar-refractivity contribution in [2.24, 2.45) is 5.92 Å². The Balaban J connectivity index is 3.55. The molecule has 0 spiro atoms. The van der Waals surface area contributed by atoms with E-state index in [-0.39, 0.29) is 0 Å². The van der Waals surface area contributed by atoms with Gasteiger partial charge in [-0.05, 0) is 5.92 Å². The van der Waals surface area contributed by atoms with Crippen molar-refractivity contribution < 1.29 is 0 Å². The third-order valence-electron chi connectivity index (χ3n) is 7.65. The van der Waals surface area contributed by atoms with Gasteiger partial charge in [-0.25, -0.2) is 0 Å². The van der Waals surface area contributed by atoms with Crippen LogP contribution in [-0.2, 0) is 0 Å². The van der Waals surface area contributed by atoms with E-state index in [1.807, 2.05) is 0 Å². The average Bonchev–Trinajstić information content (AvgIpc) is 2.80. The fraction of sp³-hybridized carbons (Fsp3) is 1.00. The molecule has 1 atom stereocenters. The smallest absolute Gasteiger partial charge is 0.0414 e. The molecule has 0 bridgehead atoms. The molecular formula is C32H66. The monoisotopic (exact) mass is 451 g/mol. The quantitative estimate of drug-likeness (QED) is 0.104. The molecule has 0 saturated carbocycles. The Bertz CT molecular complexity index is 307. The largest absolute Gasteiger partial charge is 0.0654 e. The molecule has 0 aliphatic heterocycles. The van der Waals surface area contributed by atoms with Gasteiger partial charge in [0.05, 0.1) is 0 Å². The second kappa shape index (κ2) is 29.0. The van der Waals surface area contributed by atoms with Crippen LogP contribution in [-0.4, -0.2) is 0 Å². The maximum absolute atomic E-state index is 2.34. The molecule has 0 amide bonds. The van der Waals surface area contributed by atoms with Gasteiger partial charge in [-0.2, -0.15) is 0 Å². The Labute approximate surface area is 206 Å². The van der Waals surface area contributed by atoms with Crippen molar-refractivity contribution in [3.05, 3.63) is 0 Å². The van der Waals surface area contributed by atoms with E-state index in [0.717, 1.165) is 5.92 Å². The molecule has 0 aromatic carbocycles. The highest BCUT2D eigenvalue weighted by molar-refractivity contribution is 4.62. The molecular weight excluding hydrogens is 384 g/mol. The second-order valence-corrected chi connectivity index (χ2v) is 11.0. The van der Waals surface area contributed by atoms with Crippen molar-refractivity contribution >= 4 is 0 Å². The first-order valence-corrected chi connectivity index (χ1v) is 15.8. The standard InChI is InChI=1S/C32H66/c1-4-7-10-13-15-16-17-18-19-20-21-22-23-25-28-31-32(29-26-12-9-6-3)30-27-24-14-11-8-5-2/h32H,4-31H2,1-3H3. The van der Waals surface area contributed by atoms with E-state index in [2.05, 4.69) is 20.8 Å². The lowest BCUT2D eigenvalue weighted by Gasteiger charge is -2.17. The van der Waals surface area contributed by atoms with Gasteiger partial charge in [0.15, 0.2) is 0 Å². The molecule has 0 aromatic rings. The van der Waals surface area contributed by atoms with Gasteiger partial charge in [0.25, 0.3) is 0 Å². The summed E-state index contributed by atoms with van der Waals surface area (Å²) >= 11 is 0. The van der Waals surface area contributed by atoms with Gasteiger partial charge in [0, 0.05) is 0 Å². The van der Waals surface area contributed by atoms with Crippen LogP contribution in [0.1, 0.15) is 201 Å². The summed E-state index contributed by atoms with van der Waals surface area (Å²) in [7, 11) is 0. The summed E-state index contributed by atoms with van der Waals surface area (Å²) in [6.45, 7) is 6.97. The number of hydrogen-bond donors (Lipinski definition) is 0. The minimum Gasteiger partial charge on any atom is -0.0654 e. The summed E-state index contributed by atoms with van der Waals surface area (Å²) in [6.07, 6.45) is 41.3. The van der Waals surface area contributed by atoms with Gasteiger partial charge in [0.2, 0.25) is 0 Å². The number of hydrogen-bond acceptors (Lipinski definition) is 0. The van der Waals surface area contributed by atoms with Crippen molar-refractivity contribution in [1.82, 2.24) is 0 Å². The molecule has 0 nitrogen and oxygen atoms in total. The van der Waals surface area contributed by atoms with Crippen LogP contribution in [0.3, 0.4) is 0 Å². The lowest BCUT2D eigenvalue weighted by Crippen LogP contribution is -2.01. The van der Waals surface area contributed by atoms with Crippen LogP contribution in [0.5, 0.6) is 0 Å². The van der Waals surface area contributed by atoms with Crippen molar-refractivity contribution in [2.45, 2.75) is 201 Å². The van der Waals surface area contributed by atoms with Gasteiger partial charge in [-0.3, -0.25) is 0 Å². The first-order chi connectivity index (χ1) is 15.8. The van der Waals surface area contributed by atoms with Crippen LogP contribution in [0.4, 0.5) is 0 Å². The Hall–Kier alpha value is 0. The van der Waals surface area contributed by atoms with E-state index in [4.69, 9.17) is 0 Å². The van der Waals surface area contributed by atoms with E-state index in [0.29, 0.717) is 0 Å². The number of rotatable bonds is 28. The van der Waals surface area contributed by atoms with Crippen LogP contribution in [0.25, 0.3) is 0 Å². The Morgan fingerprint density at radius 1 is 0.250 bits per heavy atom. The summed E-state index contributed by atoms with van der Waals surface area (Å²) < 4.78 is 0. The first-order valence-electron chi connectivity index (χ1n) is 15.8. The fourth-order valence-electron chi connectivity index (χ4n) is 5.31. The summed E-state index contributed by atoms with van der Waals surface area (Å²) in [5, 5.41) is 0. The first kappa shape index (κ1) is 32.0. The predicted octanol–water partition coefficient (Wildman–Crippen LogP) is 12.6. The van der Waals surface area contributed by atoms with Crippen molar-refractivity contribution in [1.29, 1.82) is 0 Å². The molecule has 0 N–H and O–H groups in total. The molecule has 32 heavy (non-hydrogen) atoms. The van der Waals surface area contributed by atoms with Crippen molar-refractivity contribution in [3.8, 4) is 0 Å². The second-order valence-electron chi connectivity index (χ2n) is 11.0. The molecule has 0 aromatic heterocycles. The highest BCUT2D eigenvalue weighted by Crippen LogP contribution is 2.24. The Morgan fingerprint density at radius 3 is 0.688 bits per heavy atom. The van der Waals surface area contributed by atoms with E-state index >= 15 is 0 Å². The molecule has 0 aliphatic carbocycles. The zero-order valence-corrected chi connectivity index (χ0v) is 23.4. The highest BCUT2D eigenvalue weighted by Gasteiger charge is 2.08. The summed E-state index contributed by atoms with van der Waals surface area (Å²) in [4.78, 5) is 0. The third kappa shape index (κ3) is 26.3. The molecule has 0 saturated heterocycles. The van der Waals surface area contributed by atoms with Gasteiger partial charge >= 0.3 is 0 Å². The van der Waals surface area contributed by atoms with Gasteiger partial charge in [0.1, 0.15) is 0 Å². The zero-order chi connectivity index (χ0) is 23.4. The normalized spacial score (nSPS) is 12.5. The summed E-state index contributed by atoms with van der Waals surface area (Å²) in [5.74, 6) is 1.04. The third-order valence-corrected chi connectivity index (χ3v) is 7.65. The molecule has 0 heterocycles. The summed E-state index contributed by atoms with van der Waals surface area (Å²) in [5.41, 5.74) is 0. The minimum absolute atomic E-state index is 1.04. The molecule has 194 valence electrons. The molecule has 0 fully saturated rings. The molecule has 0 heteroatoms. The van der Waals surface area contributed by atoms with E-state index < -0.39 is 0 Å². The van der Waals surface area contributed by atoms with Crippen molar-refractivity contribution in [3.63, 3.8) is 0 Å². The number of unbranched alkanes of at least 4 members (excludes halogenated alkanes) is 22. The predicted molar refractivity (Wildman–Crippen MR) is 150 cm³/mol. The van der Waals surface area contributed by atoms with E-state index in [1.165, 1.54) is 180 Å². The average molecular weight is 451 g/mol. The molecule has 0 rings (SSSR count). The van der Waals surface area contributed by atoms with Crippen LogP contribution in [0.15, 0.2) is 0 Å². The van der Waals surface area contributed by atoms with Gasteiger partial charge < -0.3 is 0 Å². The molecule has 0 radical (unpaired) electrons.